The maximum Gasteiger partial charge on any atom is 0.222 e. The lowest BCUT2D eigenvalue weighted by molar-refractivity contribution is -0.132. The van der Waals surface area contributed by atoms with E-state index in [9.17, 15) is 4.79 Å². The number of hydrogen-bond acceptors (Lipinski definition) is 2. The number of carbonyl (C=O) groups is 1. The van der Waals surface area contributed by atoms with Crippen molar-refractivity contribution in [3.63, 3.8) is 0 Å². The molecule has 1 aromatic heterocycles. The summed E-state index contributed by atoms with van der Waals surface area (Å²) >= 11 is 0. The van der Waals surface area contributed by atoms with Gasteiger partial charge in [-0.25, -0.2) is 0 Å². The number of hydrogen-bond donors (Lipinski definition) is 1. The number of piperidine rings is 1. The molecule has 0 unspecified atom stereocenters. The van der Waals surface area contributed by atoms with Crippen LogP contribution in [0, 0.1) is 13.8 Å². The monoisotopic (exact) mass is 446 g/mol. The molecule has 0 spiro atoms. The van der Waals surface area contributed by atoms with Crippen LogP contribution >= 0.6 is 0 Å². The van der Waals surface area contributed by atoms with E-state index in [4.69, 9.17) is 4.74 Å². The van der Waals surface area contributed by atoms with Crippen molar-refractivity contribution in [1.29, 1.82) is 0 Å². The zero-order valence-electron chi connectivity index (χ0n) is 20.8. The van der Waals surface area contributed by atoms with E-state index in [2.05, 4.69) is 69.9 Å². The summed E-state index contributed by atoms with van der Waals surface area (Å²) in [5.74, 6) is 1.63. The molecule has 0 atom stereocenters. The van der Waals surface area contributed by atoms with E-state index >= 15 is 0 Å². The predicted octanol–water partition coefficient (Wildman–Crippen LogP) is 6.65. The van der Waals surface area contributed by atoms with Crippen molar-refractivity contribution in [2.24, 2.45) is 0 Å². The molecular weight excluding hydrogens is 408 g/mol. The number of aryl methyl sites for hydroxylation is 2. The van der Waals surface area contributed by atoms with Crippen molar-refractivity contribution < 1.29 is 9.53 Å². The molecule has 0 aliphatic carbocycles. The first-order valence-electron chi connectivity index (χ1n) is 12.3. The second kappa shape index (κ2) is 9.62. The smallest absolute Gasteiger partial charge is 0.222 e. The summed E-state index contributed by atoms with van der Waals surface area (Å²) in [5, 5.41) is 1.33. The first-order chi connectivity index (χ1) is 15.7. The maximum absolute atomic E-state index is 12.7. The largest absolute Gasteiger partial charge is 0.494 e. The van der Waals surface area contributed by atoms with Crippen molar-refractivity contribution in [3.05, 3.63) is 64.8 Å². The molecule has 2 aromatic carbocycles. The van der Waals surface area contributed by atoms with Gasteiger partial charge in [-0.3, -0.25) is 4.79 Å². The number of fused-ring (bicyclic) bond motifs is 1. The van der Waals surface area contributed by atoms with Gasteiger partial charge in [0.25, 0.3) is 0 Å². The van der Waals surface area contributed by atoms with Crippen LogP contribution in [0.2, 0.25) is 0 Å². The van der Waals surface area contributed by atoms with Gasteiger partial charge >= 0.3 is 0 Å². The number of likely N-dealkylation sites (tertiary alicyclic amines) is 1. The van der Waals surface area contributed by atoms with Crippen molar-refractivity contribution in [1.82, 2.24) is 9.88 Å². The molecule has 0 bridgehead atoms. The highest BCUT2D eigenvalue weighted by Gasteiger charge is 2.26. The normalized spacial score (nSPS) is 15.2. The number of nitrogens with zero attached hydrogens (tertiary/aromatic N) is 1. The van der Waals surface area contributed by atoms with Gasteiger partial charge in [-0.05, 0) is 73.9 Å². The number of carbonyl (C=O) groups excluding carboxylic acids is 1. The zero-order chi connectivity index (χ0) is 23.6. The van der Waals surface area contributed by atoms with Crippen molar-refractivity contribution in [3.8, 4) is 5.75 Å². The Bertz CT molecular complexity index is 1100. The molecule has 176 valence electrons. The molecule has 1 aliphatic heterocycles. The standard InChI is InChI=1S/C29H38N2O2/c1-20-8-13-26-25(19-20)21(2)28(30-26)22-14-16-31(17-15-22)27(32)7-6-18-33-24-11-9-23(10-12-24)29(3,4)5/h8-13,19,22,30H,6-7,14-18H2,1-5H3. The lowest BCUT2D eigenvalue weighted by Crippen LogP contribution is -2.38. The van der Waals surface area contributed by atoms with Gasteiger partial charge in [0.05, 0.1) is 6.61 Å². The van der Waals surface area contributed by atoms with E-state index < -0.39 is 0 Å². The number of H-pyrrole nitrogens is 1. The van der Waals surface area contributed by atoms with E-state index in [1.165, 1.54) is 33.3 Å². The third-order valence-electron chi connectivity index (χ3n) is 7.03. The SMILES string of the molecule is Cc1ccc2[nH]c(C3CCN(C(=O)CCCOc4ccc(C(C)(C)C)cc4)CC3)c(C)c2c1. The number of rotatable bonds is 6. The van der Waals surface area contributed by atoms with Gasteiger partial charge in [0.15, 0.2) is 0 Å². The van der Waals surface area contributed by atoms with Crippen LogP contribution in [0.1, 0.15) is 74.8 Å². The van der Waals surface area contributed by atoms with E-state index in [0.717, 1.165) is 38.1 Å². The molecule has 3 aromatic rings. The average Bonchev–Trinajstić information content (AvgIpc) is 3.12. The lowest BCUT2D eigenvalue weighted by Gasteiger charge is -2.32. The molecule has 4 rings (SSSR count). The van der Waals surface area contributed by atoms with Gasteiger partial charge < -0.3 is 14.6 Å². The topological polar surface area (TPSA) is 45.3 Å². The molecule has 1 N–H and O–H groups in total. The van der Waals surface area contributed by atoms with Crippen LogP contribution in [-0.2, 0) is 10.2 Å². The van der Waals surface area contributed by atoms with Crippen LogP contribution in [0.15, 0.2) is 42.5 Å². The summed E-state index contributed by atoms with van der Waals surface area (Å²) in [7, 11) is 0. The molecule has 1 amide bonds. The Hall–Kier alpha value is -2.75. The summed E-state index contributed by atoms with van der Waals surface area (Å²) < 4.78 is 5.86. The van der Waals surface area contributed by atoms with Gasteiger partial charge in [-0.2, -0.15) is 0 Å². The second-order valence-electron chi connectivity index (χ2n) is 10.6. The Kier molecular flexibility index (Phi) is 6.83. The van der Waals surface area contributed by atoms with Crippen molar-refractivity contribution >= 4 is 16.8 Å². The third-order valence-corrected chi connectivity index (χ3v) is 7.03. The van der Waals surface area contributed by atoms with Gasteiger partial charge in [0, 0.05) is 42.0 Å². The molecule has 33 heavy (non-hydrogen) atoms. The number of ether oxygens (including phenoxy) is 1. The highest BCUT2D eigenvalue weighted by molar-refractivity contribution is 5.85. The average molecular weight is 447 g/mol. The molecule has 1 fully saturated rings. The van der Waals surface area contributed by atoms with Crippen LogP contribution in [0.5, 0.6) is 5.75 Å². The van der Waals surface area contributed by atoms with Gasteiger partial charge in [-0.15, -0.1) is 0 Å². The predicted molar refractivity (Wildman–Crippen MR) is 136 cm³/mol. The van der Waals surface area contributed by atoms with Gasteiger partial charge in [0.2, 0.25) is 5.91 Å². The molecule has 1 saturated heterocycles. The Morgan fingerprint density at radius 1 is 1.06 bits per heavy atom. The fraction of sp³-hybridized carbons (Fsp3) is 0.483. The minimum atomic E-state index is 0.143. The van der Waals surface area contributed by atoms with Crippen LogP contribution in [0.25, 0.3) is 10.9 Å². The van der Waals surface area contributed by atoms with E-state index in [0.29, 0.717) is 18.9 Å². The number of benzene rings is 2. The number of amides is 1. The number of nitrogens with one attached hydrogen (secondary N) is 1. The summed E-state index contributed by atoms with van der Waals surface area (Å²) in [6, 6.07) is 14.9. The van der Waals surface area contributed by atoms with E-state index in [1.807, 2.05) is 17.0 Å². The molecule has 4 heteroatoms. The minimum absolute atomic E-state index is 0.143. The number of aromatic nitrogens is 1. The highest BCUT2D eigenvalue weighted by Crippen LogP contribution is 2.34. The molecule has 1 aliphatic rings. The van der Waals surface area contributed by atoms with Gasteiger partial charge in [-0.1, -0.05) is 44.5 Å². The fourth-order valence-electron chi connectivity index (χ4n) is 4.91. The molecule has 4 nitrogen and oxygen atoms in total. The van der Waals surface area contributed by atoms with Crippen molar-refractivity contribution in [2.75, 3.05) is 19.7 Å². The highest BCUT2D eigenvalue weighted by atomic mass is 16.5. The Morgan fingerprint density at radius 2 is 1.76 bits per heavy atom. The van der Waals surface area contributed by atoms with Crippen LogP contribution in [0.4, 0.5) is 0 Å². The lowest BCUT2D eigenvalue weighted by atomic mass is 9.87. The summed E-state index contributed by atoms with van der Waals surface area (Å²) in [6.07, 6.45) is 3.35. The first-order valence-corrected chi connectivity index (χ1v) is 12.3. The van der Waals surface area contributed by atoms with Crippen LogP contribution in [0.3, 0.4) is 0 Å². The molecule has 2 heterocycles. The fourth-order valence-corrected chi connectivity index (χ4v) is 4.91. The Labute approximate surface area is 198 Å². The minimum Gasteiger partial charge on any atom is -0.494 e. The van der Waals surface area contributed by atoms with Gasteiger partial charge in [0.1, 0.15) is 5.75 Å². The van der Waals surface area contributed by atoms with Crippen LogP contribution < -0.4 is 4.74 Å². The maximum atomic E-state index is 12.7. The Balaban J connectivity index is 1.22. The summed E-state index contributed by atoms with van der Waals surface area (Å²) in [5.41, 5.74) is 6.68. The van der Waals surface area contributed by atoms with Crippen molar-refractivity contribution in [2.45, 2.75) is 71.6 Å². The molecule has 0 radical (unpaired) electrons. The number of aromatic amines is 1. The van der Waals surface area contributed by atoms with Crippen LogP contribution in [-0.4, -0.2) is 35.5 Å². The Morgan fingerprint density at radius 3 is 2.42 bits per heavy atom. The summed E-state index contributed by atoms with van der Waals surface area (Å²) in [4.78, 5) is 18.4. The first kappa shape index (κ1) is 23.4. The second-order valence-corrected chi connectivity index (χ2v) is 10.6. The molecular formula is C29H38N2O2. The third kappa shape index (κ3) is 5.43. The summed E-state index contributed by atoms with van der Waals surface area (Å²) in [6.45, 7) is 13.2. The zero-order valence-corrected chi connectivity index (χ0v) is 20.8. The quantitative estimate of drug-likeness (QED) is 0.431. The molecule has 0 saturated carbocycles. The van der Waals surface area contributed by atoms with E-state index in [-0.39, 0.29) is 11.3 Å². The van der Waals surface area contributed by atoms with E-state index in [1.54, 1.807) is 0 Å².